The zero-order valence-corrected chi connectivity index (χ0v) is 10.5. The summed E-state index contributed by atoms with van der Waals surface area (Å²) in [5.74, 6) is 0. The molecule has 0 saturated carbocycles. The molecule has 1 heterocycles. The van der Waals surface area contributed by atoms with Crippen molar-refractivity contribution in [2.45, 2.75) is 26.1 Å². The van der Waals surface area contributed by atoms with Crippen molar-refractivity contribution in [3.05, 3.63) is 21.9 Å². The first-order chi connectivity index (χ1) is 7.99. The number of halogens is 3. The number of rotatable bonds is 7. The Hall–Kier alpha value is -0.590. The molecule has 2 nitrogen and oxygen atoms in total. The van der Waals surface area contributed by atoms with E-state index in [1.807, 2.05) is 18.4 Å². The third-order valence-corrected chi connectivity index (χ3v) is 3.23. The van der Waals surface area contributed by atoms with Gasteiger partial charge in [-0.1, -0.05) is 0 Å². The Morgan fingerprint density at radius 2 is 2.12 bits per heavy atom. The SMILES string of the molecule is Cc1ccsc1CNCCOCCC(F)(F)F. The van der Waals surface area contributed by atoms with Crippen LogP contribution < -0.4 is 5.32 Å². The van der Waals surface area contributed by atoms with Crippen LogP contribution in [0.4, 0.5) is 13.2 Å². The summed E-state index contributed by atoms with van der Waals surface area (Å²) in [7, 11) is 0. The Morgan fingerprint density at radius 3 is 2.71 bits per heavy atom. The van der Waals surface area contributed by atoms with Crippen LogP contribution in [0.2, 0.25) is 0 Å². The lowest BCUT2D eigenvalue weighted by molar-refractivity contribution is -0.145. The Labute approximate surface area is 103 Å². The van der Waals surface area contributed by atoms with Crippen molar-refractivity contribution < 1.29 is 17.9 Å². The van der Waals surface area contributed by atoms with Crippen LogP contribution in [-0.4, -0.2) is 25.9 Å². The Balaban J connectivity index is 1.97. The van der Waals surface area contributed by atoms with Crippen LogP contribution in [0.15, 0.2) is 11.4 Å². The van der Waals surface area contributed by atoms with Crippen LogP contribution in [0.1, 0.15) is 16.9 Å². The lowest BCUT2D eigenvalue weighted by atomic mass is 10.3. The second kappa shape index (κ2) is 6.98. The van der Waals surface area contributed by atoms with Gasteiger partial charge in [-0.25, -0.2) is 0 Å². The van der Waals surface area contributed by atoms with Crippen LogP contribution >= 0.6 is 11.3 Å². The van der Waals surface area contributed by atoms with E-state index in [9.17, 15) is 13.2 Å². The summed E-state index contributed by atoms with van der Waals surface area (Å²) < 4.78 is 40.2. The van der Waals surface area contributed by atoms with E-state index in [0.717, 1.165) is 6.54 Å². The number of aryl methyl sites for hydroxylation is 1. The van der Waals surface area contributed by atoms with Gasteiger partial charge in [0.25, 0.3) is 0 Å². The normalized spacial score (nSPS) is 12.0. The first kappa shape index (κ1) is 14.5. The third kappa shape index (κ3) is 6.65. The fourth-order valence-electron chi connectivity index (χ4n) is 1.22. The zero-order chi connectivity index (χ0) is 12.7. The minimum atomic E-state index is -4.12. The highest BCUT2D eigenvalue weighted by Crippen LogP contribution is 2.18. The van der Waals surface area contributed by atoms with Crippen molar-refractivity contribution >= 4 is 11.3 Å². The molecule has 0 spiro atoms. The smallest absolute Gasteiger partial charge is 0.380 e. The van der Waals surface area contributed by atoms with E-state index in [1.165, 1.54) is 10.4 Å². The van der Waals surface area contributed by atoms with Crippen LogP contribution in [0.3, 0.4) is 0 Å². The maximum atomic E-state index is 11.8. The van der Waals surface area contributed by atoms with Crippen LogP contribution in [0.5, 0.6) is 0 Å². The average molecular weight is 267 g/mol. The van der Waals surface area contributed by atoms with E-state index in [2.05, 4.69) is 5.32 Å². The van der Waals surface area contributed by atoms with Gasteiger partial charge in [0.1, 0.15) is 0 Å². The van der Waals surface area contributed by atoms with Crippen LogP contribution in [0, 0.1) is 6.92 Å². The predicted molar refractivity (Wildman–Crippen MR) is 62.3 cm³/mol. The molecule has 0 aliphatic heterocycles. The largest absolute Gasteiger partial charge is 0.391 e. The van der Waals surface area contributed by atoms with Crippen molar-refractivity contribution in [3.8, 4) is 0 Å². The Morgan fingerprint density at radius 1 is 1.35 bits per heavy atom. The highest BCUT2D eigenvalue weighted by Gasteiger charge is 2.26. The number of thiophene rings is 1. The van der Waals surface area contributed by atoms with Crippen LogP contribution in [0.25, 0.3) is 0 Å². The van der Waals surface area contributed by atoms with Gasteiger partial charge in [0.2, 0.25) is 0 Å². The van der Waals surface area contributed by atoms with Gasteiger partial charge >= 0.3 is 6.18 Å². The summed E-state index contributed by atoms with van der Waals surface area (Å²) in [4.78, 5) is 1.25. The molecular weight excluding hydrogens is 251 g/mol. The van der Waals surface area contributed by atoms with Gasteiger partial charge in [-0.05, 0) is 23.9 Å². The van der Waals surface area contributed by atoms with E-state index in [4.69, 9.17) is 4.74 Å². The molecule has 0 aromatic carbocycles. The summed E-state index contributed by atoms with van der Waals surface area (Å²) in [5, 5.41) is 5.15. The van der Waals surface area contributed by atoms with E-state index < -0.39 is 12.6 Å². The van der Waals surface area contributed by atoms with Crippen molar-refractivity contribution in [2.75, 3.05) is 19.8 Å². The molecule has 1 N–H and O–H groups in total. The minimum Gasteiger partial charge on any atom is -0.380 e. The number of ether oxygens (including phenoxy) is 1. The molecule has 1 aromatic heterocycles. The summed E-state index contributed by atoms with van der Waals surface area (Å²) in [5.41, 5.74) is 1.24. The van der Waals surface area contributed by atoms with Gasteiger partial charge in [0, 0.05) is 18.0 Å². The van der Waals surface area contributed by atoms with Gasteiger partial charge in [-0.3, -0.25) is 0 Å². The fourth-order valence-corrected chi connectivity index (χ4v) is 2.10. The summed E-state index contributed by atoms with van der Waals surface area (Å²) >= 11 is 1.67. The molecule has 0 unspecified atom stereocenters. The second-order valence-corrected chi connectivity index (χ2v) is 4.68. The molecule has 0 aliphatic rings. The molecule has 98 valence electrons. The molecule has 0 radical (unpaired) electrons. The van der Waals surface area contributed by atoms with Gasteiger partial charge in [0.05, 0.1) is 19.6 Å². The molecule has 0 atom stereocenters. The molecule has 0 aliphatic carbocycles. The highest BCUT2D eigenvalue weighted by molar-refractivity contribution is 7.10. The fraction of sp³-hybridized carbons (Fsp3) is 0.636. The molecule has 0 saturated heterocycles. The van der Waals surface area contributed by atoms with E-state index in [0.29, 0.717) is 13.2 Å². The number of alkyl halides is 3. The first-order valence-electron chi connectivity index (χ1n) is 5.37. The number of nitrogens with one attached hydrogen (secondary N) is 1. The monoisotopic (exact) mass is 267 g/mol. The Kier molecular flexibility index (Phi) is 5.94. The van der Waals surface area contributed by atoms with E-state index >= 15 is 0 Å². The van der Waals surface area contributed by atoms with Gasteiger partial charge in [-0.15, -0.1) is 11.3 Å². The predicted octanol–water partition coefficient (Wildman–Crippen LogP) is 3.12. The topological polar surface area (TPSA) is 21.3 Å². The maximum absolute atomic E-state index is 11.8. The minimum absolute atomic E-state index is 0.261. The van der Waals surface area contributed by atoms with Crippen LogP contribution in [-0.2, 0) is 11.3 Å². The van der Waals surface area contributed by atoms with Crippen molar-refractivity contribution in [3.63, 3.8) is 0 Å². The molecule has 6 heteroatoms. The van der Waals surface area contributed by atoms with Gasteiger partial charge < -0.3 is 10.1 Å². The van der Waals surface area contributed by atoms with E-state index in [1.54, 1.807) is 11.3 Å². The molecular formula is C11H16F3NOS. The molecule has 17 heavy (non-hydrogen) atoms. The Bertz CT molecular complexity index is 325. The molecule has 1 aromatic rings. The standard InChI is InChI=1S/C11H16F3NOS/c1-9-2-7-17-10(9)8-15-4-6-16-5-3-11(12,13)14/h2,7,15H,3-6,8H2,1H3. The van der Waals surface area contributed by atoms with Crippen molar-refractivity contribution in [1.82, 2.24) is 5.32 Å². The quantitative estimate of drug-likeness (QED) is 0.766. The summed E-state index contributed by atoms with van der Waals surface area (Å²) in [6.07, 6.45) is -5.00. The highest BCUT2D eigenvalue weighted by atomic mass is 32.1. The molecule has 0 bridgehead atoms. The molecule has 0 fully saturated rings. The number of hydrogen-bond acceptors (Lipinski definition) is 3. The van der Waals surface area contributed by atoms with Gasteiger partial charge in [0.15, 0.2) is 0 Å². The molecule has 0 amide bonds. The lowest BCUT2D eigenvalue weighted by Gasteiger charge is -2.08. The van der Waals surface area contributed by atoms with Crippen molar-refractivity contribution in [1.29, 1.82) is 0 Å². The second-order valence-electron chi connectivity index (χ2n) is 3.68. The lowest BCUT2D eigenvalue weighted by Crippen LogP contribution is -2.20. The first-order valence-corrected chi connectivity index (χ1v) is 6.25. The summed E-state index contributed by atoms with van der Waals surface area (Å²) in [6.45, 7) is 3.39. The maximum Gasteiger partial charge on any atom is 0.391 e. The molecule has 1 rings (SSSR count). The zero-order valence-electron chi connectivity index (χ0n) is 9.64. The van der Waals surface area contributed by atoms with Gasteiger partial charge in [-0.2, -0.15) is 13.2 Å². The van der Waals surface area contributed by atoms with Crippen molar-refractivity contribution in [2.24, 2.45) is 0 Å². The van der Waals surface area contributed by atoms with E-state index in [-0.39, 0.29) is 6.61 Å². The average Bonchev–Trinajstić information content (AvgIpc) is 2.61. The summed E-state index contributed by atoms with van der Waals surface area (Å²) in [6, 6.07) is 2.04. The number of hydrogen-bond donors (Lipinski definition) is 1. The third-order valence-electron chi connectivity index (χ3n) is 2.21.